The number of benzene rings is 3. The molecule has 1 saturated heterocycles. The Morgan fingerprint density at radius 3 is 2.56 bits per heavy atom. The Labute approximate surface area is 198 Å². The molecular formula is C26H26N2O5S. The highest BCUT2D eigenvalue weighted by Gasteiger charge is 2.27. The Morgan fingerprint density at radius 2 is 1.76 bits per heavy atom. The molecule has 0 bridgehead atoms. The lowest BCUT2D eigenvalue weighted by molar-refractivity contribution is -0.116. The van der Waals surface area contributed by atoms with Gasteiger partial charge in [-0.3, -0.25) is 4.79 Å². The van der Waals surface area contributed by atoms with E-state index in [1.165, 1.54) is 11.4 Å². The molecule has 0 unspecified atom stereocenters. The first-order valence-electron chi connectivity index (χ1n) is 11.3. The van der Waals surface area contributed by atoms with Gasteiger partial charge in [-0.2, -0.15) is 4.31 Å². The minimum Gasteiger partial charge on any atom is -0.496 e. The fourth-order valence-electron chi connectivity index (χ4n) is 4.46. The Kier molecular flexibility index (Phi) is 6.02. The molecule has 7 nitrogen and oxygen atoms in total. The van der Waals surface area contributed by atoms with Gasteiger partial charge in [-0.15, -0.1) is 0 Å². The Bertz CT molecular complexity index is 1470. The second-order valence-electron chi connectivity index (χ2n) is 8.44. The number of methoxy groups -OCH3 is 1. The molecule has 1 fully saturated rings. The lowest BCUT2D eigenvalue weighted by Crippen LogP contribution is -2.28. The van der Waals surface area contributed by atoms with Gasteiger partial charge >= 0.3 is 0 Å². The van der Waals surface area contributed by atoms with Gasteiger partial charge in [0, 0.05) is 42.0 Å². The van der Waals surface area contributed by atoms with Crippen LogP contribution < -0.4 is 10.1 Å². The third-order valence-corrected chi connectivity index (χ3v) is 8.13. The summed E-state index contributed by atoms with van der Waals surface area (Å²) in [6, 6.07) is 18.3. The third kappa shape index (κ3) is 4.26. The Morgan fingerprint density at radius 1 is 1.00 bits per heavy atom. The van der Waals surface area contributed by atoms with Crippen molar-refractivity contribution in [2.75, 3.05) is 25.5 Å². The summed E-state index contributed by atoms with van der Waals surface area (Å²) in [7, 11) is -2.00. The van der Waals surface area contributed by atoms with Crippen molar-refractivity contribution in [3.8, 4) is 5.75 Å². The maximum absolute atomic E-state index is 12.9. The molecule has 1 N–H and O–H groups in total. The molecule has 176 valence electrons. The summed E-state index contributed by atoms with van der Waals surface area (Å²) < 4.78 is 38.7. The number of ether oxygens (including phenoxy) is 1. The predicted molar refractivity (Wildman–Crippen MR) is 132 cm³/mol. The van der Waals surface area contributed by atoms with Crippen LogP contribution in [-0.4, -0.2) is 38.8 Å². The van der Waals surface area contributed by atoms with Crippen LogP contribution in [0.25, 0.3) is 21.9 Å². The Balaban J connectivity index is 1.30. The normalized spacial score (nSPS) is 14.6. The zero-order chi connectivity index (χ0) is 23.7. The zero-order valence-electron chi connectivity index (χ0n) is 18.9. The summed E-state index contributed by atoms with van der Waals surface area (Å²) in [5.41, 5.74) is 2.84. The van der Waals surface area contributed by atoms with Gasteiger partial charge in [0.25, 0.3) is 0 Å². The third-order valence-electron chi connectivity index (χ3n) is 6.24. The van der Waals surface area contributed by atoms with Crippen LogP contribution in [-0.2, 0) is 21.2 Å². The second kappa shape index (κ2) is 9.12. The van der Waals surface area contributed by atoms with E-state index in [4.69, 9.17) is 9.15 Å². The average Bonchev–Trinajstić information content (AvgIpc) is 3.51. The average molecular weight is 479 g/mol. The van der Waals surface area contributed by atoms with E-state index in [9.17, 15) is 13.2 Å². The van der Waals surface area contributed by atoms with Crippen LogP contribution in [0.15, 0.2) is 70.0 Å². The number of furan rings is 1. The van der Waals surface area contributed by atoms with E-state index in [-0.39, 0.29) is 17.2 Å². The van der Waals surface area contributed by atoms with E-state index in [1.807, 2.05) is 42.5 Å². The highest BCUT2D eigenvalue weighted by atomic mass is 32.2. The number of nitrogens with one attached hydrogen (secondary N) is 1. The first kappa shape index (κ1) is 22.4. The number of hydrogen-bond donors (Lipinski definition) is 1. The Hall–Kier alpha value is -3.36. The minimum atomic E-state index is -3.54. The smallest absolute Gasteiger partial charge is 0.243 e. The monoisotopic (exact) mass is 478 g/mol. The molecular weight excluding hydrogens is 452 g/mol. The number of carbonyl (C=O) groups is 1. The summed E-state index contributed by atoms with van der Waals surface area (Å²) in [5.74, 6) is 0.391. The van der Waals surface area contributed by atoms with Gasteiger partial charge in [0.2, 0.25) is 15.9 Å². The van der Waals surface area contributed by atoms with Gasteiger partial charge < -0.3 is 14.5 Å². The van der Waals surface area contributed by atoms with Gasteiger partial charge in [-0.05, 0) is 61.2 Å². The standard InChI is InChI=1S/C26H26N2O5S/c1-32-23-12-10-20(34(30,31)28-14-4-5-15-28)16-18(23)8-13-26(29)27-19-9-11-22-21-6-2-3-7-24(21)33-25(22)17-19/h2-3,6-7,9-12,16-17H,4-5,8,13-15H2,1H3,(H,27,29). The number of para-hydroxylation sites is 1. The van der Waals surface area contributed by atoms with Crippen molar-refractivity contribution in [3.05, 3.63) is 66.2 Å². The number of hydrogen-bond acceptors (Lipinski definition) is 5. The summed E-state index contributed by atoms with van der Waals surface area (Å²) in [4.78, 5) is 12.9. The van der Waals surface area contributed by atoms with Crippen molar-refractivity contribution in [3.63, 3.8) is 0 Å². The van der Waals surface area contributed by atoms with Crippen LogP contribution in [0.5, 0.6) is 5.75 Å². The largest absolute Gasteiger partial charge is 0.496 e. The quantitative estimate of drug-likeness (QED) is 0.406. The van der Waals surface area contributed by atoms with Gasteiger partial charge in [-0.25, -0.2) is 8.42 Å². The van der Waals surface area contributed by atoms with Gasteiger partial charge in [-0.1, -0.05) is 18.2 Å². The molecule has 2 heterocycles. The zero-order valence-corrected chi connectivity index (χ0v) is 19.7. The molecule has 4 aromatic rings. The molecule has 34 heavy (non-hydrogen) atoms. The maximum atomic E-state index is 12.9. The fourth-order valence-corrected chi connectivity index (χ4v) is 6.03. The fraction of sp³-hybridized carbons (Fsp3) is 0.269. The highest BCUT2D eigenvalue weighted by molar-refractivity contribution is 7.89. The molecule has 3 aromatic carbocycles. The molecule has 0 spiro atoms. The summed E-state index contributed by atoms with van der Waals surface area (Å²) in [6.45, 7) is 1.09. The molecule has 0 atom stereocenters. The van der Waals surface area contributed by atoms with Crippen molar-refractivity contribution < 1.29 is 22.4 Å². The molecule has 1 amide bonds. The predicted octanol–water partition coefficient (Wildman–Crippen LogP) is 4.95. The van der Waals surface area contributed by atoms with Crippen LogP contribution >= 0.6 is 0 Å². The number of fused-ring (bicyclic) bond motifs is 3. The number of nitrogens with zero attached hydrogens (tertiary/aromatic N) is 1. The molecule has 8 heteroatoms. The first-order valence-corrected chi connectivity index (χ1v) is 12.8. The number of carbonyl (C=O) groups excluding carboxylic acids is 1. The summed E-state index contributed by atoms with van der Waals surface area (Å²) in [6.07, 6.45) is 2.29. The van der Waals surface area contributed by atoms with Crippen molar-refractivity contribution in [1.82, 2.24) is 4.31 Å². The van der Waals surface area contributed by atoms with Crippen molar-refractivity contribution in [1.29, 1.82) is 0 Å². The maximum Gasteiger partial charge on any atom is 0.243 e. The van der Waals surface area contributed by atoms with Crippen molar-refractivity contribution in [2.24, 2.45) is 0 Å². The van der Waals surface area contributed by atoms with E-state index in [1.54, 1.807) is 18.2 Å². The molecule has 1 aliphatic rings. The van der Waals surface area contributed by atoms with E-state index in [0.717, 1.165) is 29.2 Å². The molecule has 0 radical (unpaired) electrons. The molecule has 1 aliphatic heterocycles. The minimum absolute atomic E-state index is 0.176. The van der Waals surface area contributed by atoms with E-state index >= 15 is 0 Å². The van der Waals surface area contributed by atoms with Crippen LogP contribution in [0.3, 0.4) is 0 Å². The first-order chi connectivity index (χ1) is 16.5. The number of rotatable bonds is 7. The highest BCUT2D eigenvalue weighted by Crippen LogP contribution is 2.31. The molecule has 0 saturated carbocycles. The lowest BCUT2D eigenvalue weighted by Gasteiger charge is -2.17. The van der Waals surface area contributed by atoms with E-state index in [2.05, 4.69) is 5.32 Å². The number of aryl methyl sites for hydroxylation is 1. The van der Waals surface area contributed by atoms with E-state index < -0.39 is 10.0 Å². The number of amides is 1. The van der Waals surface area contributed by atoms with Gasteiger partial charge in [0.15, 0.2) is 0 Å². The van der Waals surface area contributed by atoms with Gasteiger partial charge in [0.05, 0.1) is 12.0 Å². The second-order valence-corrected chi connectivity index (χ2v) is 10.4. The van der Waals surface area contributed by atoms with Crippen LogP contribution in [0.2, 0.25) is 0 Å². The van der Waals surface area contributed by atoms with Crippen LogP contribution in [0.4, 0.5) is 5.69 Å². The molecule has 5 rings (SSSR count). The SMILES string of the molecule is COc1ccc(S(=O)(=O)N2CCCC2)cc1CCC(=O)Nc1ccc2c(c1)oc1ccccc12. The summed E-state index contributed by atoms with van der Waals surface area (Å²) >= 11 is 0. The number of sulfonamides is 1. The lowest BCUT2D eigenvalue weighted by atomic mass is 10.1. The van der Waals surface area contributed by atoms with Crippen LogP contribution in [0, 0.1) is 0 Å². The topological polar surface area (TPSA) is 88.9 Å². The molecule has 1 aromatic heterocycles. The van der Waals surface area contributed by atoms with Crippen molar-refractivity contribution in [2.45, 2.75) is 30.6 Å². The molecule has 0 aliphatic carbocycles. The van der Waals surface area contributed by atoms with Crippen LogP contribution in [0.1, 0.15) is 24.8 Å². The van der Waals surface area contributed by atoms with E-state index in [0.29, 0.717) is 42.1 Å². The summed E-state index contributed by atoms with van der Waals surface area (Å²) in [5, 5.41) is 4.94. The number of anilines is 1. The van der Waals surface area contributed by atoms with Gasteiger partial charge in [0.1, 0.15) is 16.9 Å². The van der Waals surface area contributed by atoms with Crippen molar-refractivity contribution >= 4 is 43.6 Å².